The summed E-state index contributed by atoms with van der Waals surface area (Å²) in [5.41, 5.74) is 3.82. The van der Waals surface area contributed by atoms with Gasteiger partial charge in [-0.25, -0.2) is 0 Å². The Hall–Kier alpha value is -2.00. The van der Waals surface area contributed by atoms with Crippen molar-refractivity contribution in [2.75, 3.05) is 20.2 Å². The number of aromatic hydroxyl groups is 1. The predicted molar refractivity (Wildman–Crippen MR) is 82.0 cm³/mol. The van der Waals surface area contributed by atoms with Crippen LogP contribution in [-0.4, -0.2) is 36.2 Å². The molecule has 0 saturated heterocycles. The monoisotopic (exact) mass is 281 g/mol. The van der Waals surface area contributed by atoms with Crippen molar-refractivity contribution in [3.05, 3.63) is 59.2 Å². The van der Waals surface area contributed by atoms with Crippen LogP contribution in [0.3, 0.4) is 0 Å². The minimum atomic E-state index is 0.268. The fraction of sp³-hybridized carbons (Fsp3) is 0.333. The largest absolute Gasteiger partial charge is 0.508 e. The lowest BCUT2D eigenvalue weighted by Gasteiger charge is -2.37. The van der Waals surface area contributed by atoms with Gasteiger partial charge in [-0.3, -0.25) is 4.90 Å². The highest BCUT2D eigenvalue weighted by Crippen LogP contribution is 2.43. The predicted octanol–water partition coefficient (Wildman–Crippen LogP) is 2.77. The summed E-state index contributed by atoms with van der Waals surface area (Å²) < 4.78 is 5.96. The van der Waals surface area contributed by atoms with Crippen LogP contribution < -0.4 is 4.74 Å². The molecule has 2 aromatic carbocycles. The van der Waals surface area contributed by atoms with E-state index in [0.717, 1.165) is 18.7 Å². The zero-order chi connectivity index (χ0) is 14.4. The summed E-state index contributed by atoms with van der Waals surface area (Å²) in [5, 5.41) is 9.94. The van der Waals surface area contributed by atoms with Gasteiger partial charge in [-0.15, -0.1) is 0 Å². The van der Waals surface area contributed by atoms with Gasteiger partial charge in [-0.1, -0.05) is 24.3 Å². The van der Waals surface area contributed by atoms with Crippen molar-refractivity contribution in [1.82, 2.24) is 4.90 Å². The first kappa shape index (κ1) is 12.7. The average molecular weight is 281 g/mol. The first-order chi connectivity index (χ1) is 10.2. The number of nitrogens with zero attached hydrogens (tertiary/aromatic N) is 1. The first-order valence-corrected chi connectivity index (χ1v) is 7.48. The third-order valence-corrected chi connectivity index (χ3v) is 4.81. The van der Waals surface area contributed by atoms with Crippen LogP contribution in [0, 0.1) is 0 Å². The van der Waals surface area contributed by atoms with E-state index in [2.05, 4.69) is 30.1 Å². The van der Waals surface area contributed by atoms with Crippen molar-refractivity contribution in [2.45, 2.75) is 18.4 Å². The maximum Gasteiger partial charge on any atom is 0.123 e. The van der Waals surface area contributed by atoms with Crippen LogP contribution in [0.1, 0.15) is 22.6 Å². The molecule has 0 aliphatic carbocycles. The maximum atomic E-state index is 9.94. The van der Waals surface area contributed by atoms with Gasteiger partial charge in [-0.2, -0.15) is 0 Å². The molecular formula is C18H19NO2. The summed E-state index contributed by atoms with van der Waals surface area (Å²) in [4.78, 5) is 2.39. The third-order valence-electron chi connectivity index (χ3n) is 4.81. The lowest BCUT2D eigenvalue weighted by Crippen LogP contribution is -2.43. The molecule has 0 spiro atoms. The van der Waals surface area contributed by atoms with E-state index < -0.39 is 0 Å². The molecule has 3 nitrogen and oxygen atoms in total. The van der Waals surface area contributed by atoms with Crippen LogP contribution in [0.4, 0.5) is 0 Å². The number of benzene rings is 2. The lowest BCUT2D eigenvalue weighted by atomic mass is 9.81. The Morgan fingerprint density at radius 1 is 1.14 bits per heavy atom. The number of hydrogen-bond donors (Lipinski definition) is 1. The molecule has 21 heavy (non-hydrogen) atoms. The average Bonchev–Trinajstić information content (AvgIpc) is 2.65. The summed E-state index contributed by atoms with van der Waals surface area (Å²) in [6.45, 7) is 1.72. The van der Waals surface area contributed by atoms with Crippen LogP contribution in [-0.2, 0) is 6.42 Å². The Kier molecular flexibility index (Phi) is 2.89. The van der Waals surface area contributed by atoms with Gasteiger partial charge in [0, 0.05) is 18.0 Å². The minimum absolute atomic E-state index is 0.268. The van der Waals surface area contributed by atoms with Gasteiger partial charge in [0.15, 0.2) is 0 Å². The first-order valence-electron chi connectivity index (χ1n) is 7.48. The molecule has 0 fully saturated rings. The second kappa shape index (κ2) is 4.78. The van der Waals surface area contributed by atoms with E-state index >= 15 is 0 Å². The molecule has 0 amide bonds. The second-order valence-electron chi connectivity index (χ2n) is 6.01. The molecule has 2 atom stereocenters. The molecule has 0 saturated carbocycles. The Morgan fingerprint density at radius 2 is 2.00 bits per heavy atom. The van der Waals surface area contributed by atoms with Gasteiger partial charge in [-0.05, 0) is 42.8 Å². The van der Waals surface area contributed by atoms with Crippen molar-refractivity contribution in [2.24, 2.45) is 0 Å². The smallest absolute Gasteiger partial charge is 0.123 e. The molecule has 0 bridgehead atoms. The minimum Gasteiger partial charge on any atom is -0.508 e. The van der Waals surface area contributed by atoms with Gasteiger partial charge in [0.2, 0.25) is 0 Å². The molecule has 4 rings (SSSR count). The standard InChI is InChI=1S/C18H19NO2/c1-19-9-8-12-6-7-13(20)10-15(12)18-14-4-2-3-5-17(14)21-11-16(18)19/h2-7,10,16,18,20H,8-9,11H2,1H3/t16-,18+/m0/s1. The number of phenols is 1. The van der Waals surface area contributed by atoms with Gasteiger partial charge in [0.25, 0.3) is 0 Å². The topological polar surface area (TPSA) is 32.7 Å². The van der Waals surface area contributed by atoms with Crippen LogP contribution in [0.5, 0.6) is 11.5 Å². The molecule has 2 aliphatic rings. The highest BCUT2D eigenvalue weighted by molar-refractivity contribution is 5.50. The fourth-order valence-corrected chi connectivity index (χ4v) is 3.67. The van der Waals surface area contributed by atoms with Gasteiger partial charge < -0.3 is 9.84 Å². The number of ether oxygens (including phenoxy) is 1. The lowest BCUT2D eigenvalue weighted by molar-refractivity contribution is 0.134. The summed E-state index contributed by atoms with van der Waals surface area (Å²) in [5.74, 6) is 1.59. The molecule has 2 aliphatic heterocycles. The van der Waals surface area contributed by atoms with Gasteiger partial charge in [0.1, 0.15) is 18.1 Å². The van der Waals surface area contributed by atoms with E-state index in [1.165, 1.54) is 16.7 Å². The van der Waals surface area contributed by atoms with E-state index in [0.29, 0.717) is 18.4 Å². The number of para-hydroxylation sites is 1. The number of phenolic OH excluding ortho intramolecular Hbond substituents is 1. The molecule has 0 unspecified atom stereocenters. The van der Waals surface area contributed by atoms with Crippen LogP contribution in [0.2, 0.25) is 0 Å². The number of fused-ring (bicyclic) bond motifs is 5. The normalized spacial score (nSPS) is 24.2. The molecule has 0 radical (unpaired) electrons. The summed E-state index contributed by atoms with van der Waals surface area (Å²) in [7, 11) is 2.17. The maximum absolute atomic E-state index is 9.94. The summed E-state index contributed by atoms with van der Waals surface area (Å²) >= 11 is 0. The van der Waals surface area contributed by atoms with Crippen molar-refractivity contribution in [1.29, 1.82) is 0 Å². The van der Waals surface area contributed by atoms with E-state index in [4.69, 9.17) is 4.74 Å². The van der Waals surface area contributed by atoms with Crippen molar-refractivity contribution < 1.29 is 9.84 Å². The van der Waals surface area contributed by atoms with Crippen LogP contribution in [0.15, 0.2) is 42.5 Å². The molecule has 2 heterocycles. The Balaban J connectivity index is 1.94. The number of likely N-dealkylation sites (N-methyl/N-ethyl adjacent to an activating group) is 1. The molecule has 108 valence electrons. The molecule has 1 N–H and O–H groups in total. The molecule has 3 heteroatoms. The number of rotatable bonds is 0. The third kappa shape index (κ3) is 2.00. The Morgan fingerprint density at radius 3 is 2.90 bits per heavy atom. The SMILES string of the molecule is CN1CCc2ccc(O)cc2[C@H]2c3ccccc3OC[C@@H]21. The van der Waals surface area contributed by atoms with Gasteiger partial charge in [0.05, 0.1) is 6.04 Å². The molecule has 0 aromatic heterocycles. The summed E-state index contributed by atoms with van der Waals surface area (Å²) in [6.07, 6.45) is 1.02. The van der Waals surface area contributed by atoms with E-state index in [1.807, 2.05) is 18.2 Å². The van der Waals surface area contributed by atoms with Crippen LogP contribution >= 0.6 is 0 Å². The van der Waals surface area contributed by atoms with Crippen molar-refractivity contribution in [3.8, 4) is 11.5 Å². The molecule has 2 aromatic rings. The fourth-order valence-electron chi connectivity index (χ4n) is 3.67. The quantitative estimate of drug-likeness (QED) is 0.806. The Bertz CT molecular complexity index is 683. The highest BCUT2D eigenvalue weighted by Gasteiger charge is 2.37. The highest BCUT2D eigenvalue weighted by atomic mass is 16.5. The van der Waals surface area contributed by atoms with E-state index in [1.54, 1.807) is 6.07 Å². The molecular weight excluding hydrogens is 262 g/mol. The van der Waals surface area contributed by atoms with E-state index in [-0.39, 0.29) is 5.92 Å². The van der Waals surface area contributed by atoms with Crippen molar-refractivity contribution >= 4 is 0 Å². The van der Waals surface area contributed by atoms with E-state index in [9.17, 15) is 5.11 Å². The van der Waals surface area contributed by atoms with Gasteiger partial charge >= 0.3 is 0 Å². The summed E-state index contributed by atoms with van der Waals surface area (Å²) in [6, 6.07) is 14.4. The zero-order valence-corrected chi connectivity index (χ0v) is 12.1. The Labute approximate surface area is 124 Å². The van der Waals surface area contributed by atoms with Crippen molar-refractivity contribution in [3.63, 3.8) is 0 Å². The second-order valence-corrected chi connectivity index (χ2v) is 6.01. The number of hydrogen-bond acceptors (Lipinski definition) is 3. The van der Waals surface area contributed by atoms with Crippen LogP contribution in [0.25, 0.3) is 0 Å². The zero-order valence-electron chi connectivity index (χ0n) is 12.1.